The lowest BCUT2D eigenvalue weighted by Gasteiger charge is -2.17. The number of aromatic nitrogens is 4. The molecule has 0 radical (unpaired) electrons. The molecule has 0 aliphatic rings. The van der Waals surface area contributed by atoms with E-state index in [1.807, 2.05) is 36.4 Å². The Morgan fingerprint density at radius 1 is 1.27 bits per heavy atom. The van der Waals surface area contributed by atoms with Gasteiger partial charge in [0.25, 0.3) is 5.91 Å². The van der Waals surface area contributed by atoms with Crippen molar-refractivity contribution in [1.82, 2.24) is 24.6 Å². The molecule has 4 aromatic rings. The van der Waals surface area contributed by atoms with E-state index in [9.17, 15) is 4.79 Å². The van der Waals surface area contributed by atoms with Crippen LogP contribution < -0.4 is 0 Å². The molecular formula is C18H14ClN5OS. The molecule has 0 aliphatic heterocycles. The zero-order valence-electron chi connectivity index (χ0n) is 13.8. The Hall–Kier alpha value is -2.77. The second-order valence-electron chi connectivity index (χ2n) is 5.76. The topological polar surface area (TPSA) is 63.9 Å². The van der Waals surface area contributed by atoms with Crippen LogP contribution in [0.5, 0.6) is 0 Å². The molecule has 0 N–H and O–H groups in total. The normalized spacial score (nSPS) is 11.0. The van der Waals surface area contributed by atoms with Crippen molar-refractivity contribution in [3.8, 4) is 5.69 Å². The van der Waals surface area contributed by atoms with Crippen LogP contribution in [0.4, 0.5) is 0 Å². The lowest BCUT2D eigenvalue weighted by molar-refractivity contribution is 0.0790. The predicted octanol–water partition coefficient (Wildman–Crippen LogP) is 3.80. The number of carbonyl (C=O) groups excluding carboxylic acids is 1. The smallest absolute Gasteiger partial charge is 0.265 e. The van der Waals surface area contributed by atoms with Crippen LogP contribution in [0.25, 0.3) is 15.9 Å². The molecular weight excluding hydrogens is 370 g/mol. The maximum atomic E-state index is 12.8. The molecule has 0 bridgehead atoms. The Balaban J connectivity index is 1.52. The third-order valence-electron chi connectivity index (χ3n) is 3.97. The molecule has 1 aromatic carbocycles. The van der Waals surface area contributed by atoms with Gasteiger partial charge in [0.1, 0.15) is 23.0 Å². The van der Waals surface area contributed by atoms with Gasteiger partial charge in [-0.1, -0.05) is 23.7 Å². The molecule has 0 unspecified atom stereocenters. The zero-order valence-corrected chi connectivity index (χ0v) is 15.4. The fraction of sp³-hybridized carbons (Fsp3) is 0.111. The molecule has 0 fully saturated rings. The molecule has 6 nitrogen and oxygen atoms in total. The average molecular weight is 384 g/mol. The van der Waals surface area contributed by atoms with E-state index in [4.69, 9.17) is 11.6 Å². The van der Waals surface area contributed by atoms with Crippen LogP contribution in [0.2, 0.25) is 5.02 Å². The molecule has 0 saturated heterocycles. The standard InChI is InChI=1S/C18H14ClN5OS/c1-23(9-12-4-6-13(7-5-12)24-11-20-10-22-24)18(25)17-15(19)16-14(26-17)3-2-8-21-16/h2-8,10-11H,9H2,1H3. The maximum Gasteiger partial charge on any atom is 0.265 e. The number of fused-ring (bicyclic) bond motifs is 1. The summed E-state index contributed by atoms with van der Waals surface area (Å²) in [5, 5.41) is 4.52. The Labute approximate surface area is 158 Å². The summed E-state index contributed by atoms with van der Waals surface area (Å²) in [5.41, 5.74) is 2.60. The monoisotopic (exact) mass is 383 g/mol. The highest BCUT2D eigenvalue weighted by Crippen LogP contribution is 2.34. The van der Waals surface area contributed by atoms with E-state index < -0.39 is 0 Å². The molecule has 3 heterocycles. The number of thiophene rings is 1. The van der Waals surface area contributed by atoms with E-state index in [0.717, 1.165) is 16.0 Å². The van der Waals surface area contributed by atoms with Crippen molar-refractivity contribution >= 4 is 39.1 Å². The second kappa shape index (κ2) is 6.86. The summed E-state index contributed by atoms with van der Waals surface area (Å²) in [6.07, 6.45) is 4.81. The van der Waals surface area contributed by atoms with Crippen molar-refractivity contribution in [3.63, 3.8) is 0 Å². The number of benzene rings is 1. The summed E-state index contributed by atoms with van der Waals surface area (Å²) >= 11 is 7.73. The van der Waals surface area contributed by atoms with E-state index in [1.165, 1.54) is 17.7 Å². The highest BCUT2D eigenvalue weighted by molar-refractivity contribution is 7.21. The Morgan fingerprint density at radius 2 is 2.08 bits per heavy atom. The van der Waals surface area contributed by atoms with Crippen LogP contribution in [-0.4, -0.2) is 37.6 Å². The van der Waals surface area contributed by atoms with E-state index in [1.54, 1.807) is 29.2 Å². The van der Waals surface area contributed by atoms with Gasteiger partial charge in [-0.2, -0.15) is 5.10 Å². The minimum atomic E-state index is -0.113. The molecule has 4 rings (SSSR count). The summed E-state index contributed by atoms with van der Waals surface area (Å²) in [6, 6.07) is 11.6. The van der Waals surface area contributed by atoms with Gasteiger partial charge in [0, 0.05) is 19.8 Å². The average Bonchev–Trinajstić information content (AvgIpc) is 3.31. The largest absolute Gasteiger partial charge is 0.337 e. The van der Waals surface area contributed by atoms with Crippen LogP contribution in [0.15, 0.2) is 55.2 Å². The Morgan fingerprint density at radius 3 is 2.77 bits per heavy atom. The number of halogens is 1. The summed E-state index contributed by atoms with van der Waals surface area (Å²) in [6.45, 7) is 0.481. The van der Waals surface area contributed by atoms with Crippen molar-refractivity contribution in [3.05, 3.63) is 70.7 Å². The number of carbonyl (C=O) groups is 1. The molecule has 26 heavy (non-hydrogen) atoms. The van der Waals surface area contributed by atoms with Gasteiger partial charge in [0.15, 0.2) is 0 Å². The molecule has 1 amide bonds. The van der Waals surface area contributed by atoms with Gasteiger partial charge in [-0.3, -0.25) is 9.78 Å². The van der Waals surface area contributed by atoms with Crippen molar-refractivity contribution in [2.24, 2.45) is 0 Å². The van der Waals surface area contributed by atoms with Crippen LogP contribution in [0.3, 0.4) is 0 Å². The lowest BCUT2D eigenvalue weighted by Crippen LogP contribution is -2.25. The number of hydrogen-bond donors (Lipinski definition) is 0. The first kappa shape index (κ1) is 16.7. The Kier molecular flexibility index (Phi) is 4.40. The van der Waals surface area contributed by atoms with Crippen molar-refractivity contribution in [1.29, 1.82) is 0 Å². The van der Waals surface area contributed by atoms with Crippen LogP contribution in [0.1, 0.15) is 15.2 Å². The summed E-state index contributed by atoms with van der Waals surface area (Å²) < 4.78 is 2.59. The van der Waals surface area contributed by atoms with Crippen molar-refractivity contribution in [2.45, 2.75) is 6.54 Å². The fourth-order valence-corrected chi connectivity index (χ4v) is 4.10. The first-order valence-corrected chi connectivity index (χ1v) is 9.05. The third-order valence-corrected chi connectivity index (χ3v) is 5.58. The fourth-order valence-electron chi connectivity index (χ4n) is 2.65. The minimum absolute atomic E-state index is 0.113. The van der Waals surface area contributed by atoms with E-state index in [2.05, 4.69) is 15.1 Å². The first-order valence-electron chi connectivity index (χ1n) is 7.86. The SMILES string of the molecule is CN(Cc1ccc(-n2cncn2)cc1)C(=O)c1sc2cccnc2c1Cl. The molecule has 8 heteroatoms. The van der Waals surface area contributed by atoms with Crippen molar-refractivity contribution < 1.29 is 4.79 Å². The molecule has 0 atom stereocenters. The van der Waals surface area contributed by atoms with Crippen LogP contribution in [0, 0.1) is 0 Å². The molecule has 0 saturated carbocycles. The zero-order chi connectivity index (χ0) is 18.1. The van der Waals surface area contributed by atoms with E-state index in [0.29, 0.717) is 22.0 Å². The van der Waals surface area contributed by atoms with Gasteiger partial charge in [-0.25, -0.2) is 9.67 Å². The van der Waals surface area contributed by atoms with Crippen molar-refractivity contribution in [2.75, 3.05) is 7.05 Å². The van der Waals surface area contributed by atoms with Gasteiger partial charge in [0.2, 0.25) is 0 Å². The number of amides is 1. The number of nitrogens with zero attached hydrogens (tertiary/aromatic N) is 5. The van der Waals surface area contributed by atoms with E-state index in [-0.39, 0.29) is 5.91 Å². The molecule has 0 aliphatic carbocycles. The lowest BCUT2D eigenvalue weighted by atomic mass is 10.2. The van der Waals surface area contributed by atoms with E-state index >= 15 is 0 Å². The second-order valence-corrected chi connectivity index (χ2v) is 7.19. The van der Waals surface area contributed by atoms with Gasteiger partial charge < -0.3 is 4.90 Å². The maximum absolute atomic E-state index is 12.8. The molecule has 0 spiro atoms. The number of hydrogen-bond acceptors (Lipinski definition) is 5. The van der Waals surface area contributed by atoms with Gasteiger partial charge in [-0.15, -0.1) is 11.3 Å². The summed E-state index contributed by atoms with van der Waals surface area (Å²) in [5.74, 6) is -0.113. The Bertz CT molecular complexity index is 1060. The minimum Gasteiger partial charge on any atom is -0.337 e. The van der Waals surface area contributed by atoms with Gasteiger partial charge in [-0.05, 0) is 29.8 Å². The van der Waals surface area contributed by atoms with Crippen LogP contribution in [-0.2, 0) is 6.54 Å². The first-order chi connectivity index (χ1) is 12.6. The van der Waals surface area contributed by atoms with Gasteiger partial charge in [0.05, 0.1) is 15.4 Å². The highest BCUT2D eigenvalue weighted by Gasteiger charge is 2.21. The predicted molar refractivity (Wildman–Crippen MR) is 102 cm³/mol. The quantitative estimate of drug-likeness (QED) is 0.537. The molecule has 3 aromatic heterocycles. The summed E-state index contributed by atoms with van der Waals surface area (Å²) in [4.78, 5) is 23.2. The van der Waals surface area contributed by atoms with Gasteiger partial charge >= 0.3 is 0 Å². The number of pyridine rings is 1. The molecule has 130 valence electrons. The number of rotatable bonds is 4. The highest BCUT2D eigenvalue weighted by atomic mass is 35.5. The summed E-state index contributed by atoms with van der Waals surface area (Å²) in [7, 11) is 1.77. The third kappa shape index (κ3) is 3.07. The van der Waals surface area contributed by atoms with Crippen LogP contribution >= 0.6 is 22.9 Å².